The van der Waals surface area contributed by atoms with Crippen molar-refractivity contribution >= 4 is 0 Å². The molecule has 0 saturated carbocycles. The molecule has 0 unspecified atom stereocenters. The lowest BCUT2D eigenvalue weighted by atomic mass is 11.1. The minimum Gasteiger partial charge on any atom is -0.316 e. The molecule has 3 N–H and O–H groups in total. The first-order valence-electron chi connectivity index (χ1n) is 2.05. The van der Waals surface area contributed by atoms with Crippen LogP contribution in [0.25, 0.3) is 0 Å². The Kier molecular flexibility index (Phi) is 3.92. The Hall–Kier alpha value is -0.160. The summed E-state index contributed by atoms with van der Waals surface area (Å²) in [4.78, 5) is 0. The van der Waals surface area contributed by atoms with Crippen molar-refractivity contribution in [3.8, 4) is 0 Å². The molecule has 0 bridgehead atoms. The van der Waals surface area contributed by atoms with E-state index in [9.17, 15) is 0 Å². The number of nitrogens with one attached hydrogen (secondary N) is 2. The van der Waals surface area contributed by atoms with E-state index in [2.05, 4.69) is 5.43 Å². The molecule has 4 heteroatoms. The summed E-state index contributed by atoms with van der Waals surface area (Å²) in [5.74, 6) is 0. The fourth-order valence-corrected chi connectivity index (χ4v) is 0.193. The highest BCUT2D eigenvalue weighted by Gasteiger charge is 1.80. The molecule has 0 saturated heterocycles. The first-order valence-corrected chi connectivity index (χ1v) is 2.05. The minimum absolute atomic E-state index is 0.382. The standard InChI is InChI=1S/C3H11N3O/c1-6(2)4-3-5-7/h4-5,7H,3H2,1-2H3. The third kappa shape index (κ3) is 5.84. The van der Waals surface area contributed by atoms with Crippen LogP contribution in [0.2, 0.25) is 0 Å². The van der Waals surface area contributed by atoms with Gasteiger partial charge in [-0.1, -0.05) is 0 Å². The Bertz CT molecular complexity index is 39.2. The summed E-state index contributed by atoms with van der Waals surface area (Å²) in [6.45, 7) is 0.382. The Morgan fingerprint density at radius 2 is 2.14 bits per heavy atom. The van der Waals surface area contributed by atoms with Crippen LogP contribution in [0.4, 0.5) is 0 Å². The fraction of sp³-hybridized carbons (Fsp3) is 1.00. The molecule has 0 amide bonds. The van der Waals surface area contributed by atoms with Gasteiger partial charge in [0.1, 0.15) is 0 Å². The van der Waals surface area contributed by atoms with Crippen LogP contribution in [0.15, 0.2) is 0 Å². The molecule has 0 fully saturated rings. The van der Waals surface area contributed by atoms with Crippen LogP contribution >= 0.6 is 0 Å². The Morgan fingerprint density at radius 3 is 2.29 bits per heavy atom. The zero-order valence-corrected chi connectivity index (χ0v) is 4.60. The van der Waals surface area contributed by atoms with Crippen LogP contribution in [0, 0.1) is 0 Å². The molecule has 0 aromatic carbocycles. The van der Waals surface area contributed by atoms with Crippen LogP contribution in [0.3, 0.4) is 0 Å². The van der Waals surface area contributed by atoms with E-state index in [1.54, 1.807) is 5.01 Å². The van der Waals surface area contributed by atoms with Crippen molar-refractivity contribution in [3.05, 3.63) is 0 Å². The van der Waals surface area contributed by atoms with Gasteiger partial charge in [-0.05, 0) is 0 Å². The third-order valence-corrected chi connectivity index (χ3v) is 0.474. The lowest BCUT2D eigenvalue weighted by Crippen LogP contribution is -2.36. The number of hydroxylamine groups is 1. The van der Waals surface area contributed by atoms with Gasteiger partial charge in [-0.2, -0.15) is 5.48 Å². The molecule has 0 radical (unpaired) electrons. The summed E-state index contributed by atoms with van der Waals surface area (Å²) >= 11 is 0. The Morgan fingerprint density at radius 1 is 1.57 bits per heavy atom. The topological polar surface area (TPSA) is 47.5 Å². The highest BCUT2D eigenvalue weighted by Crippen LogP contribution is 1.55. The zero-order valence-electron chi connectivity index (χ0n) is 4.60. The molecule has 0 aromatic rings. The molecule has 0 spiro atoms. The van der Waals surface area contributed by atoms with E-state index in [-0.39, 0.29) is 0 Å². The van der Waals surface area contributed by atoms with Crippen LogP contribution < -0.4 is 10.9 Å². The van der Waals surface area contributed by atoms with Crippen molar-refractivity contribution in [2.45, 2.75) is 0 Å². The van der Waals surface area contributed by atoms with Crippen molar-refractivity contribution in [1.82, 2.24) is 15.9 Å². The lowest BCUT2D eigenvalue weighted by molar-refractivity contribution is 0.126. The van der Waals surface area contributed by atoms with Gasteiger partial charge in [-0.3, -0.25) is 0 Å². The molecular weight excluding hydrogens is 94.1 g/mol. The van der Waals surface area contributed by atoms with Gasteiger partial charge in [0.2, 0.25) is 0 Å². The van der Waals surface area contributed by atoms with Crippen molar-refractivity contribution in [1.29, 1.82) is 0 Å². The van der Waals surface area contributed by atoms with Crippen molar-refractivity contribution in [2.75, 3.05) is 20.8 Å². The average molecular weight is 105 g/mol. The molecule has 0 aliphatic heterocycles. The van der Waals surface area contributed by atoms with Gasteiger partial charge in [-0.15, -0.1) is 0 Å². The molecule has 4 nitrogen and oxygen atoms in total. The van der Waals surface area contributed by atoms with Gasteiger partial charge < -0.3 is 5.21 Å². The van der Waals surface area contributed by atoms with Crippen LogP contribution in [-0.4, -0.2) is 31.0 Å². The van der Waals surface area contributed by atoms with Gasteiger partial charge in [0, 0.05) is 14.1 Å². The van der Waals surface area contributed by atoms with E-state index >= 15 is 0 Å². The summed E-state index contributed by atoms with van der Waals surface area (Å²) in [7, 11) is 3.69. The monoisotopic (exact) mass is 105 g/mol. The van der Waals surface area contributed by atoms with Crippen molar-refractivity contribution < 1.29 is 5.21 Å². The molecule has 0 atom stereocenters. The maximum Gasteiger partial charge on any atom is 0.0829 e. The van der Waals surface area contributed by atoms with Crippen molar-refractivity contribution in [3.63, 3.8) is 0 Å². The second-order valence-electron chi connectivity index (χ2n) is 1.39. The average Bonchev–Trinajstić information content (AvgIpc) is 1.61. The van der Waals surface area contributed by atoms with E-state index in [1.807, 2.05) is 19.6 Å². The molecule has 0 heterocycles. The maximum absolute atomic E-state index is 7.98. The first-order chi connectivity index (χ1) is 3.27. The van der Waals surface area contributed by atoms with Gasteiger partial charge in [-0.25, -0.2) is 10.4 Å². The number of hydrogen-bond acceptors (Lipinski definition) is 4. The molecular formula is C3H11N3O. The summed E-state index contributed by atoms with van der Waals surface area (Å²) in [5, 5.41) is 9.72. The predicted molar refractivity (Wildman–Crippen MR) is 26.6 cm³/mol. The number of hydrogen-bond donors (Lipinski definition) is 3. The number of nitrogens with zero attached hydrogens (tertiary/aromatic N) is 1. The first kappa shape index (κ1) is 6.84. The van der Waals surface area contributed by atoms with Crippen molar-refractivity contribution in [2.24, 2.45) is 0 Å². The molecule has 0 rings (SSSR count). The normalized spacial score (nSPS) is 10.3. The summed E-state index contributed by atoms with van der Waals surface area (Å²) in [6, 6.07) is 0. The summed E-state index contributed by atoms with van der Waals surface area (Å²) < 4.78 is 0. The molecule has 0 aliphatic carbocycles. The van der Waals surface area contributed by atoms with E-state index in [1.165, 1.54) is 0 Å². The van der Waals surface area contributed by atoms with E-state index in [0.717, 1.165) is 0 Å². The molecule has 0 aliphatic rings. The van der Waals surface area contributed by atoms with Gasteiger partial charge in [0.05, 0.1) is 6.67 Å². The zero-order chi connectivity index (χ0) is 5.70. The number of rotatable bonds is 3. The lowest BCUT2D eigenvalue weighted by Gasteiger charge is -2.08. The number of hydrazine groups is 1. The van der Waals surface area contributed by atoms with Crippen LogP contribution in [0.5, 0.6) is 0 Å². The van der Waals surface area contributed by atoms with E-state index in [4.69, 9.17) is 5.21 Å². The Balaban J connectivity index is 2.68. The van der Waals surface area contributed by atoms with Gasteiger partial charge in [0.15, 0.2) is 0 Å². The van der Waals surface area contributed by atoms with E-state index in [0.29, 0.717) is 6.67 Å². The van der Waals surface area contributed by atoms with Crippen LogP contribution in [0.1, 0.15) is 0 Å². The molecule has 7 heavy (non-hydrogen) atoms. The summed E-state index contributed by atoms with van der Waals surface area (Å²) in [6.07, 6.45) is 0. The maximum atomic E-state index is 7.98. The molecule has 44 valence electrons. The van der Waals surface area contributed by atoms with E-state index < -0.39 is 0 Å². The van der Waals surface area contributed by atoms with Crippen LogP contribution in [-0.2, 0) is 0 Å². The summed E-state index contributed by atoms with van der Waals surface area (Å²) in [5.41, 5.74) is 4.71. The minimum atomic E-state index is 0.382. The highest BCUT2D eigenvalue weighted by molar-refractivity contribution is 4.23. The smallest absolute Gasteiger partial charge is 0.0829 e. The molecule has 0 aromatic heterocycles. The van der Waals surface area contributed by atoms with Gasteiger partial charge >= 0.3 is 0 Å². The second kappa shape index (κ2) is 4.01. The SMILES string of the molecule is CN(C)NCNO. The predicted octanol–water partition coefficient (Wildman–Crippen LogP) is -1.01. The van der Waals surface area contributed by atoms with Gasteiger partial charge in [0.25, 0.3) is 0 Å². The largest absolute Gasteiger partial charge is 0.316 e. The Labute approximate surface area is 43.0 Å². The second-order valence-corrected chi connectivity index (χ2v) is 1.39. The quantitative estimate of drug-likeness (QED) is 0.318. The highest BCUT2D eigenvalue weighted by atomic mass is 16.5. The fourth-order valence-electron chi connectivity index (χ4n) is 0.193. The third-order valence-electron chi connectivity index (χ3n) is 0.474.